The Morgan fingerprint density at radius 2 is 1.75 bits per heavy atom. The fraction of sp³-hybridized carbons (Fsp3) is 0.667. The number of carbonyl (C=O) groups excluding carboxylic acids is 4. The summed E-state index contributed by atoms with van der Waals surface area (Å²) in [7, 11) is -2.83. The topological polar surface area (TPSA) is 204 Å². The Balaban J connectivity index is 1.42. The predicted molar refractivity (Wildman–Crippen MR) is 220 cm³/mol. The molecule has 4 aliphatic rings. The highest BCUT2D eigenvalue weighted by Crippen LogP contribution is 2.48. The van der Waals surface area contributed by atoms with Gasteiger partial charge in [0.1, 0.15) is 29.5 Å². The molecule has 1 aromatic carbocycles. The third kappa shape index (κ3) is 10.3. The Kier molecular flexibility index (Phi) is 13.5. The van der Waals surface area contributed by atoms with E-state index in [9.17, 15) is 44.8 Å². The minimum absolute atomic E-state index is 0.0153. The number of halogens is 5. The van der Waals surface area contributed by atoms with E-state index in [1.807, 2.05) is 6.92 Å². The van der Waals surface area contributed by atoms with Crippen LogP contribution in [0.15, 0.2) is 30.4 Å². The smallest absolute Gasteiger partial charge is 0.438 e. The van der Waals surface area contributed by atoms with Crippen LogP contribution >= 0.6 is 0 Å². The fourth-order valence-corrected chi connectivity index (χ4v) is 9.28. The van der Waals surface area contributed by atoms with Gasteiger partial charge in [0.2, 0.25) is 33.4 Å². The third-order valence-electron chi connectivity index (χ3n) is 12.6. The molecule has 2 saturated carbocycles. The summed E-state index contributed by atoms with van der Waals surface area (Å²) in [5.74, 6) is -8.88. The van der Waals surface area contributed by atoms with Gasteiger partial charge in [0.05, 0.1) is 35.5 Å². The summed E-state index contributed by atoms with van der Waals surface area (Å²) >= 11 is 0. The molecule has 2 aromatic rings. The van der Waals surface area contributed by atoms with Crippen molar-refractivity contribution in [1.29, 1.82) is 0 Å². The van der Waals surface area contributed by atoms with Crippen molar-refractivity contribution in [1.82, 2.24) is 30.2 Å². The number of carbonyl (C=O) groups is 4. The van der Waals surface area contributed by atoms with Crippen molar-refractivity contribution in [3.63, 3.8) is 0 Å². The number of alkyl carbamates (subject to hydrolysis) is 1. The van der Waals surface area contributed by atoms with Gasteiger partial charge in [0, 0.05) is 38.4 Å². The first-order valence-electron chi connectivity index (χ1n) is 21.1. The van der Waals surface area contributed by atoms with Crippen LogP contribution in [0.1, 0.15) is 92.2 Å². The van der Waals surface area contributed by atoms with Crippen molar-refractivity contribution in [3.05, 3.63) is 36.0 Å². The van der Waals surface area contributed by atoms with Gasteiger partial charge in [-0.15, -0.1) is 0 Å². The highest BCUT2D eigenvalue weighted by molar-refractivity contribution is 7.91. The number of hydrogen-bond acceptors (Lipinski definition) is 12. The second-order valence-corrected chi connectivity index (χ2v) is 20.3. The Morgan fingerprint density at radius 3 is 2.38 bits per heavy atom. The molecule has 1 saturated heterocycles. The van der Waals surface area contributed by atoms with Crippen LogP contribution in [0.4, 0.5) is 26.7 Å². The minimum atomic E-state index is -5.08. The van der Waals surface area contributed by atoms with Crippen molar-refractivity contribution >= 4 is 44.9 Å². The number of rotatable bonds is 12. The van der Waals surface area contributed by atoms with E-state index < -0.39 is 116 Å². The molecule has 0 unspecified atom stereocenters. The molecule has 3 fully saturated rings. The number of ether oxygens (including phenoxy) is 4. The lowest BCUT2D eigenvalue weighted by molar-refractivity contribution is -0.152. The SMILES string of the molecule is CCOc1ccc2nc(C(F)(F)F)c(O[C@@H]3C[C@H]4C(=O)N[C@]5(C(=O)NS(=O)(=O)C6(C)CC6)C[C@H]5/C=C\CC[C@H](C)C[C@@H](COC)[C@H](NC(=O)OC(C)(C)C(C)(F)F)C(=O)N4C3)nc2c1. The average molecular weight is 931 g/mol. The van der Waals surface area contributed by atoms with Crippen molar-refractivity contribution in [2.45, 2.75) is 133 Å². The molecular formula is C42H55F5N6O10S. The number of alkyl halides is 5. The summed E-state index contributed by atoms with van der Waals surface area (Å²) in [5, 5.41) is 5.10. The molecular weight excluding hydrogens is 876 g/mol. The zero-order valence-corrected chi connectivity index (χ0v) is 37.5. The van der Waals surface area contributed by atoms with Gasteiger partial charge in [0.15, 0.2) is 5.60 Å². The summed E-state index contributed by atoms with van der Waals surface area (Å²) in [6.07, 6.45) is -3.07. The molecule has 3 heterocycles. The summed E-state index contributed by atoms with van der Waals surface area (Å²) in [4.78, 5) is 66.0. The molecule has 7 atom stereocenters. The van der Waals surface area contributed by atoms with E-state index in [1.165, 1.54) is 32.2 Å². The molecule has 0 spiro atoms. The van der Waals surface area contributed by atoms with E-state index in [4.69, 9.17) is 18.9 Å². The Morgan fingerprint density at radius 1 is 1.05 bits per heavy atom. The largest absolute Gasteiger partial charge is 0.494 e. The molecule has 0 bridgehead atoms. The van der Waals surface area contributed by atoms with Crippen LogP contribution in [0.5, 0.6) is 11.6 Å². The summed E-state index contributed by atoms with van der Waals surface area (Å²) < 4.78 is 122. The number of aromatic nitrogens is 2. The molecule has 1 aromatic heterocycles. The van der Waals surface area contributed by atoms with Crippen molar-refractivity contribution in [3.8, 4) is 11.6 Å². The predicted octanol–water partition coefficient (Wildman–Crippen LogP) is 5.44. The fourth-order valence-electron chi connectivity index (χ4n) is 7.97. The van der Waals surface area contributed by atoms with E-state index in [2.05, 4.69) is 25.3 Å². The number of methoxy groups -OCH3 is 1. The third-order valence-corrected chi connectivity index (χ3v) is 14.8. The first-order chi connectivity index (χ1) is 29.7. The molecule has 4 amide bonds. The van der Waals surface area contributed by atoms with Crippen LogP contribution in [0.25, 0.3) is 11.0 Å². The van der Waals surface area contributed by atoms with Crippen LogP contribution in [-0.4, -0.2) is 114 Å². The van der Waals surface area contributed by atoms with Crippen LogP contribution in [0.2, 0.25) is 0 Å². The first-order valence-corrected chi connectivity index (χ1v) is 22.6. The van der Waals surface area contributed by atoms with Crippen LogP contribution in [0, 0.1) is 17.8 Å². The van der Waals surface area contributed by atoms with Gasteiger partial charge in [-0.05, 0) is 84.3 Å². The lowest BCUT2D eigenvalue weighted by atomic mass is 9.87. The Hall–Kier alpha value is -4.86. The van der Waals surface area contributed by atoms with Crippen LogP contribution in [-0.2, 0) is 40.1 Å². The standard InChI is InChI=1S/C42H55F5N6O10S/c1-8-61-26-13-14-28-29(18-26)49-34(32(48-28)42(45,46)47)62-27-19-30-33(54)51-41(36(56)52-64(58,59)39(5)15-16-39)20-25(41)12-10-9-11-23(2)17-24(22-60-7)31(35(55)53(30)21-27)50-37(57)63-38(3,4)40(6,43)44/h10,12-14,18,23-25,27,30-31H,8-9,11,15-17,19-22H2,1-7H3,(H,50,57)(H,51,54)(H,52,56)/b12-10-/t23-,24-,25+,27+,30-,31-,41+/m0/s1. The Labute approximate surface area is 367 Å². The number of nitrogens with zero attached hydrogens (tertiary/aromatic N) is 3. The quantitative estimate of drug-likeness (QED) is 0.180. The second kappa shape index (κ2) is 17.8. The number of allylic oxidation sites excluding steroid dienone is 1. The first kappa shape index (κ1) is 48.6. The normalized spacial score (nSPS) is 28.1. The number of nitrogens with one attached hydrogen (secondary N) is 3. The van der Waals surface area contributed by atoms with Crippen LogP contribution in [0.3, 0.4) is 0 Å². The number of hydrogen-bond donors (Lipinski definition) is 3. The molecule has 64 heavy (non-hydrogen) atoms. The molecule has 354 valence electrons. The number of fused-ring (bicyclic) bond motifs is 3. The van der Waals surface area contributed by atoms with Crippen molar-refractivity contribution < 1.29 is 68.5 Å². The molecule has 6 rings (SSSR count). The van der Waals surface area contributed by atoms with E-state index in [0.717, 1.165) is 18.7 Å². The summed E-state index contributed by atoms with van der Waals surface area (Å²) in [6, 6.07) is 0.854. The summed E-state index contributed by atoms with van der Waals surface area (Å²) in [6.45, 7) is 7.09. The monoisotopic (exact) mass is 930 g/mol. The summed E-state index contributed by atoms with van der Waals surface area (Å²) in [5.41, 5.74) is -5.80. The van der Waals surface area contributed by atoms with E-state index in [0.29, 0.717) is 32.6 Å². The maximum absolute atomic E-state index is 15.0. The van der Waals surface area contributed by atoms with Crippen molar-refractivity contribution in [2.75, 3.05) is 26.9 Å². The minimum Gasteiger partial charge on any atom is -0.494 e. The number of sulfonamides is 1. The zero-order valence-electron chi connectivity index (χ0n) is 36.6. The second-order valence-electron chi connectivity index (χ2n) is 18.1. The molecule has 0 radical (unpaired) electrons. The zero-order chi connectivity index (χ0) is 47.2. The van der Waals surface area contributed by atoms with Gasteiger partial charge in [0.25, 0.3) is 11.8 Å². The van der Waals surface area contributed by atoms with Gasteiger partial charge >= 0.3 is 12.3 Å². The van der Waals surface area contributed by atoms with Gasteiger partial charge in [-0.25, -0.2) is 32.0 Å². The van der Waals surface area contributed by atoms with Gasteiger partial charge in [-0.3, -0.25) is 19.1 Å². The van der Waals surface area contributed by atoms with Gasteiger partial charge < -0.3 is 34.5 Å². The van der Waals surface area contributed by atoms with E-state index in [-0.39, 0.29) is 48.8 Å². The maximum Gasteiger partial charge on any atom is 0.438 e. The van der Waals surface area contributed by atoms with E-state index >= 15 is 4.79 Å². The lowest BCUT2D eigenvalue weighted by Crippen LogP contribution is -2.60. The van der Waals surface area contributed by atoms with Crippen molar-refractivity contribution in [2.24, 2.45) is 17.8 Å². The highest BCUT2D eigenvalue weighted by Gasteiger charge is 2.63. The highest BCUT2D eigenvalue weighted by atomic mass is 32.2. The van der Waals surface area contributed by atoms with Gasteiger partial charge in [-0.2, -0.15) is 13.2 Å². The number of amides is 4. The van der Waals surface area contributed by atoms with E-state index in [1.54, 1.807) is 19.1 Å². The molecule has 22 heteroatoms. The molecule has 2 aliphatic heterocycles. The van der Waals surface area contributed by atoms with Crippen LogP contribution < -0.4 is 24.8 Å². The lowest BCUT2D eigenvalue weighted by Gasteiger charge is -2.35. The molecule has 16 nitrogen and oxygen atoms in total. The molecule has 3 N–H and O–H groups in total. The average Bonchev–Trinajstić information content (AvgIpc) is 4.07. The van der Waals surface area contributed by atoms with Gasteiger partial charge in [-0.1, -0.05) is 19.1 Å². The molecule has 2 aliphatic carbocycles. The Bertz CT molecular complexity index is 2270. The number of benzene rings is 1. The maximum atomic E-state index is 15.0.